The third-order valence-corrected chi connectivity index (χ3v) is 9.57. The van der Waals surface area contributed by atoms with Crippen LogP contribution in [-0.4, -0.2) is 50.9 Å². The molecule has 1 amide bonds. The Morgan fingerprint density at radius 1 is 1.10 bits per heavy atom. The molecule has 0 bridgehead atoms. The summed E-state index contributed by atoms with van der Waals surface area (Å²) >= 11 is 6.43. The Hall–Kier alpha value is -2.95. The highest BCUT2D eigenvalue weighted by Gasteiger charge is 2.44. The van der Waals surface area contributed by atoms with Crippen LogP contribution in [0, 0.1) is 11.8 Å². The van der Waals surface area contributed by atoms with Crippen molar-refractivity contribution in [2.24, 2.45) is 11.8 Å². The Morgan fingerprint density at radius 2 is 1.93 bits per heavy atom. The zero-order valence-electron chi connectivity index (χ0n) is 22.9. The quantitative estimate of drug-likeness (QED) is 0.425. The number of carbonyl (C=O) groups is 1. The van der Waals surface area contributed by atoms with Crippen molar-refractivity contribution >= 4 is 34.7 Å². The molecule has 7 rings (SSSR count). The molecule has 2 N–H and O–H groups in total. The van der Waals surface area contributed by atoms with Crippen LogP contribution in [0.4, 0.5) is 10.7 Å². The van der Waals surface area contributed by atoms with Crippen LogP contribution in [-0.2, 0) is 16.1 Å². The fourth-order valence-corrected chi connectivity index (χ4v) is 7.32. The summed E-state index contributed by atoms with van der Waals surface area (Å²) < 4.78 is 8.23. The van der Waals surface area contributed by atoms with Crippen LogP contribution in [0.3, 0.4) is 0 Å². The molecule has 1 unspecified atom stereocenters. The number of imidazole rings is 1. The molecule has 1 spiro atoms. The van der Waals surface area contributed by atoms with Gasteiger partial charge in [-0.05, 0) is 62.5 Å². The number of carbonyl (C=O) groups excluding carboxylic acids is 1. The number of rotatable bonds is 5. The predicted molar refractivity (Wildman–Crippen MR) is 152 cm³/mol. The van der Waals surface area contributed by atoms with Crippen LogP contribution in [0.2, 0.25) is 5.02 Å². The highest BCUT2D eigenvalue weighted by molar-refractivity contribution is 6.30. The predicted octanol–water partition coefficient (Wildman–Crippen LogP) is 5.37. The van der Waals surface area contributed by atoms with Crippen LogP contribution >= 0.6 is 11.6 Å². The van der Waals surface area contributed by atoms with Gasteiger partial charge in [-0.1, -0.05) is 31.4 Å². The van der Waals surface area contributed by atoms with Gasteiger partial charge in [0.15, 0.2) is 6.17 Å². The van der Waals surface area contributed by atoms with Gasteiger partial charge in [-0.25, -0.2) is 14.8 Å². The number of hydrogen-bond donors (Lipinski definition) is 2. The average molecular weight is 566 g/mol. The van der Waals surface area contributed by atoms with Gasteiger partial charge in [0, 0.05) is 49.8 Å². The fourth-order valence-electron chi connectivity index (χ4n) is 7.15. The monoisotopic (exact) mass is 565 g/mol. The largest absolute Gasteiger partial charge is 0.427 e. The minimum absolute atomic E-state index is 0.0707. The summed E-state index contributed by atoms with van der Waals surface area (Å²) in [6, 6.07) is 3.87. The maximum Gasteiger partial charge on any atom is 0.427 e. The summed E-state index contributed by atoms with van der Waals surface area (Å²) in [5, 5.41) is 3.33. The third-order valence-electron chi connectivity index (χ3n) is 9.37. The van der Waals surface area contributed by atoms with Crippen molar-refractivity contribution in [2.75, 3.05) is 24.7 Å². The van der Waals surface area contributed by atoms with E-state index in [2.05, 4.69) is 32.2 Å². The Labute approximate surface area is 238 Å². The minimum atomic E-state index is -0.579. The number of halogens is 1. The van der Waals surface area contributed by atoms with Crippen molar-refractivity contribution in [3.8, 4) is 11.3 Å². The minimum Gasteiger partial charge on any atom is -0.381 e. The first kappa shape index (κ1) is 26.0. The van der Waals surface area contributed by atoms with E-state index in [4.69, 9.17) is 31.1 Å². The van der Waals surface area contributed by atoms with Gasteiger partial charge in [-0.2, -0.15) is 0 Å². The van der Waals surface area contributed by atoms with E-state index in [1.165, 1.54) is 25.7 Å². The Kier molecular flexibility index (Phi) is 6.80. The molecule has 3 aliphatic heterocycles. The van der Waals surface area contributed by atoms with Crippen LogP contribution in [0.5, 0.6) is 0 Å². The molecule has 212 valence electrons. The lowest BCUT2D eigenvalue weighted by Gasteiger charge is -2.42. The summed E-state index contributed by atoms with van der Waals surface area (Å²) in [5.41, 5.74) is 6.85. The highest BCUT2D eigenvalue weighted by Crippen LogP contribution is 2.44. The van der Waals surface area contributed by atoms with E-state index in [-0.39, 0.29) is 5.54 Å². The maximum atomic E-state index is 11.9. The van der Waals surface area contributed by atoms with Gasteiger partial charge < -0.3 is 19.0 Å². The van der Waals surface area contributed by atoms with Crippen molar-refractivity contribution in [2.45, 2.75) is 76.5 Å². The molecule has 3 saturated heterocycles. The average Bonchev–Trinajstić information content (AvgIpc) is 3.67. The number of nitrogens with one attached hydrogen (secondary N) is 2. The second-order valence-electron chi connectivity index (χ2n) is 12.0. The molecule has 10 nitrogen and oxygen atoms in total. The molecule has 40 heavy (non-hydrogen) atoms. The van der Waals surface area contributed by atoms with Gasteiger partial charge in [0.1, 0.15) is 0 Å². The summed E-state index contributed by atoms with van der Waals surface area (Å²) in [6.45, 7) is 5.81. The second-order valence-corrected chi connectivity index (χ2v) is 12.4. The molecule has 4 fully saturated rings. The van der Waals surface area contributed by atoms with Crippen LogP contribution in [0.15, 0.2) is 24.5 Å². The molecular formula is C29H36ClN7O3. The second kappa shape index (κ2) is 10.5. The van der Waals surface area contributed by atoms with E-state index >= 15 is 0 Å². The smallest absolute Gasteiger partial charge is 0.381 e. The number of pyridine rings is 2. The van der Waals surface area contributed by atoms with E-state index in [1.54, 1.807) is 12.4 Å². The van der Waals surface area contributed by atoms with E-state index in [1.807, 2.05) is 12.1 Å². The van der Waals surface area contributed by atoms with E-state index in [0.29, 0.717) is 16.6 Å². The normalized spacial score (nSPS) is 26.4. The summed E-state index contributed by atoms with van der Waals surface area (Å²) in [6.07, 6.45) is 11.6. The summed E-state index contributed by atoms with van der Waals surface area (Å²) in [5.74, 6) is 2.38. The molecule has 1 atom stereocenters. The first-order chi connectivity index (χ1) is 19.5. The lowest BCUT2D eigenvalue weighted by atomic mass is 9.83. The molecular weight excluding hydrogens is 530 g/mol. The number of hydrogen-bond acceptors (Lipinski definition) is 8. The number of fused-ring (bicyclic) bond motifs is 1. The lowest BCUT2D eigenvalue weighted by molar-refractivity contribution is 0.0539. The molecule has 3 aromatic heterocycles. The van der Waals surface area contributed by atoms with Gasteiger partial charge in [0.2, 0.25) is 5.95 Å². The topological polar surface area (TPSA) is 106 Å². The number of hydroxylamine groups is 1. The molecule has 0 radical (unpaired) electrons. The fraction of sp³-hybridized carbons (Fsp3) is 0.586. The van der Waals surface area contributed by atoms with E-state index < -0.39 is 12.3 Å². The van der Waals surface area contributed by atoms with E-state index in [9.17, 15) is 4.79 Å². The van der Waals surface area contributed by atoms with Gasteiger partial charge in [0.25, 0.3) is 0 Å². The number of anilines is 1. The maximum absolute atomic E-state index is 11.9. The van der Waals surface area contributed by atoms with Gasteiger partial charge in [-0.15, -0.1) is 5.48 Å². The molecule has 6 heterocycles. The standard InChI is InChI=1S/C29H36ClN7O3/c1-18-3-5-19(6-4-18)17-36-25-22(33-27(36)37-10-2-7-29(37)8-11-39-12-9-29)14-23(26-34-28(38)40-35-26)32-24(25)20-13-21(30)16-31-15-20/h13-16,18-19,26,35H,2-12,17H2,1H3,(H,34,38). The molecule has 0 aromatic carbocycles. The molecule has 1 aliphatic carbocycles. The van der Waals surface area contributed by atoms with Crippen molar-refractivity contribution < 1.29 is 14.4 Å². The first-order valence-electron chi connectivity index (χ1n) is 14.6. The number of nitrogens with zero attached hydrogens (tertiary/aromatic N) is 5. The highest BCUT2D eigenvalue weighted by atomic mass is 35.5. The number of amides is 1. The zero-order chi connectivity index (χ0) is 27.3. The van der Waals surface area contributed by atoms with Crippen LogP contribution in [0.25, 0.3) is 22.3 Å². The van der Waals surface area contributed by atoms with Crippen molar-refractivity contribution in [1.29, 1.82) is 0 Å². The Bertz CT molecular complexity index is 1410. The molecule has 1 saturated carbocycles. The molecule has 3 aromatic rings. The van der Waals surface area contributed by atoms with Crippen molar-refractivity contribution in [3.63, 3.8) is 0 Å². The number of ether oxygens (including phenoxy) is 1. The summed E-state index contributed by atoms with van der Waals surface area (Å²) in [4.78, 5) is 34.2. The SMILES string of the molecule is CC1CCC(Cn2c(N3CCCC34CCOCC4)nc3cc(C4NOC(=O)N4)nc(-c4cncc(Cl)c4)c32)CC1. The zero-order valence-corrected chi connectivity index (χ0v) is 23.6. The van der Waals surface area contributed by atoms with Gasteiger partial charge >= 0.3 is 6.09 Å². The lowest BCUT2D eigenvalue weighted by Crippen LogP contribution is -2.49. The van der Waals surface area contributed by atoms with Gasteiger partial charge in [0.05, 0.1) is 27.4 Å². The van der Waals surface area contributed by atoms with Crippen molar-refractivity contribution in [1.82, 2.24) is 30.3 Å². The van der Waals surface area contributed by atoms with Crippen molar-refractivity contribution in [3.05, 3.63) is 35.2 Å². The van der Waals surface area contributed by atoms with Crippen LogP contribution in [0.1, 0.15) is 70.2 Å². The summed E-state index contributed by atoms with van der Waals surface area (Å²) in [7, 11) is 0. The molecule has 4 aliphatic rings. The molecule has 11 heteroatoms. The first-order valence-corrected chi connectivity index (χ1v) is 15.0. The Balaban J connectivity index is 1.42. The Morgan fingerprint density at radius 3 is 2.67 bits per heavy atom. The third kappa shape index (κ3) is 4.69. The van der Waals surface area contributed by atoms with E-state index in [0.717, 1.165) is 86.1 Å². The van der Waals surface area contributed by atoms with Crippen LogP contribution < -0.4 is 15.7 Å². The van der Waals surface area contributed by atoms with Gasteiger partial charge in [-0.3, -0.25) is 10.3 Å². The number of aromatic nitrogens is 4.